The summed E-state index contributed by atoms with van der Waals surface area (Å²) in [4.78, 5) is 27.0. The van der Waals surface area contributed by atoms with Gasteiger partial charge in [-0.15, -0.1) is 0 Å². The Hall–Kier alpha value is -2.78. The number of nitrogens with one attached hydrogen (secondary N) is 1. The molecule has 1 unspecified atom stereocenters. The average Bonchev–Trinajstić information content (AvgIpc) is 2.74. The summed E-state index contributed by atoms with van der Waals surface area (Å²) in [5.41, 5.74) is 1.68. The van der Waals surface area contributed by atoms with Crippen LogP contribution in [0.2, 0.25) is 5.02 Å². The smallest absolute Gasteiger partial charge is 0.244 e. The first kappa shape index (κ1) is 25.5. The van der Waals surface area contributed by atoms with E-state index in [1.54, 1.807) is 49.4 Å². The fourth-order valence-electron chi connectivity index (χ4n) is 3.19. The summed E-state index contributed by atoms with van der Waals surface area (Å²) in [5.74, 6) is -0.634. The molecule has 0 aliphatic rings. The summed E-state index contributed by atoms with van der Waals surface area (Å²) in [6, 6.07) is 11.2. The van der Waals surface area contributed by atoms with Crippen molar-refractivity contribution in [1.82, 2.24) is 10.2 Å². The van der Waals surface area contributed by atoms with Gasteiger partial charge in [-0.1, -0.05) is 35.9 Å². The third kappa shape index (κ3) is 6.14. The quantitative estimate of drug-likeness (QED) is 0.594. The minimum absolute atomic E-state index is 0.0373. The molecular formula is C22H28ClN3O5S. The van der Waals surface area contributed by atoms with Crippen LogP contribution in [0.15, 0.2) is 42.5 Å². The van der Waals surface area contributed by atoms with E-state index in [9.17, 15) is 18.0 Å². The summed E-state index contributed by atoms with van der Waals surface area (Å²) < 4.78 is 31.6. The molecule has 2 amide bonds. The number of rotatable bonds is 9. The topological polar surface area (TPSA) is 96.0 Å². The van der Waals surface area contributed by atoms with Gasteiger partial charge in [-0.25, -0.2) is 8.42 Å². The molecule has 0 heterocycles. The van der Waals surface area contributed by atoms with Crippen molar-refractivity contribution in [1.29, 1.82) is 0 Å². The van der Waals surface area contributed by atoms with E-state index in [4.69, 9.17) is 16.3 Å². The Bertz CT molecular complexity index is 1090. The molecule has 0 radical (unpaired) electrons. The number of likely N-dealkylation sites (N-methyl/N-ethyl adjacent to an activating group) is 1. The Morgan fingerprint density at radius 2 is 1.84 bits per heavy atom. The molecule has 10 heteroatoms. The predicted molar refractivity (Wildman–Crippen MR) is 125 cm³/mol. The third-order valence-electron chi connectivity index (χ3n) is 4.99. The number of amides is 2. The second-order valence-corrected chi connectivity index (χ2v) is 9.66. The van der Waals surface area contributed by atoms with Gasteiger partial charge in [0.25, 0.3) is 0 Å². The first-order valence-electron chi connectivity index (χ1n) is 9.86. The van der Waals surface area contributed by atoms with E-state index in [1.165, 1.54) is 19.1 Å². The van der Waals surface area contributed by atoms with Crippen LogP contribution in [-0.2, 0) is 26.2 Å². The number of anilines is 1. The van der Waals surface area contributed by atoms with Gasteiger partial charge in [-0.2, -0.15) is 0 Å². The Balaban J connectivity index is 2.47. The van der Waals surface area contributed by atoms with E-state index in [2.05, 4.69) is 5.32 Å². The van der Waals surface area contributed by atoms with Crippen LogP contribution in [0.5, 0.6) is 5.75 Å². The van der Waals surface area contributed by atoms with Crippen molar-refractivity contribution in [2.75, 3.05) is 31.3 Å². The zero-order chi connectivity index (χ0) is 24.1. The number of carbonyl (C=O) groups excluding carboxylic acids is 2. The molecule has 174 valence electrons. The van der Waals surface area contributed by atoms with Gasteiger partial charge in [0.15, 0.2) is 0 Å². The number of carbonyl (C=O) groups is 2. The van der Waals surface area contributed by atoms with Gasteiger partial charge < -0.3 is 15.0 Å². The van der Waals surface area contributed by atoms with Crippen molar-refractivity contribution >= 4 is 39.1 Å². The lowest BCUT2D eigenvalue weighted by Crippen LogP contribution is -2.50. The second kappa shape index (κ2) is 10.7. The number of benzene rings is 2. The molecule has 2 aromatic rings. The van der Waals surface area contributed by atoms with Crippen LogP contribution in [-0.4, -0.2) is 58.1 Å². The maximum Gasteiger partial charge on any atom is 0.244 e. The summed E-state index contributed by atoms with van der Waals surface area (Å²) in [6.45, 7) is 2.91. The largest absolute Gasteiger partial charge is 0.495 e. The highest BCUT2D eigenvalue weighted by atomic mass is 35.5. The van der Waals surface area contributed by atoms with Crippen LogP contribution in [0.4, 0.5) is 5.69 Å². The van der Waals surface area contributed by atoms with Crippen molar-refractivity contribution in [3.05, 3.63) is 58.6 Å². The molecule has 0 fully saturated rings. The normalized spacial score (nSPS) is 12.1. The summed E-state index contributed by atoms with van der Waals surface area (Å²) in [6.07, 6.45) is 1.02. The summed E-state index contributed by atoms with van der Waals surface area (Å²) >= 11 is 6.26. The predicted octanol–water partition coefficient (Wildman–Crippen LogP) is 2.59. The molecular weight excluding hydrogens is 454 g/mol. The molecule has 0 aliphatic carbocycles. The number of halogens is 1. The zero-order valence-corrected chi connectivity index (χ0v) is 20.3. The Labute approximate surface area is 194 Å². The highest BCUT2D eigenvalue weighted by molar-refractivity contribution is 7.92. The second-order valence-electron chi connectivity index (χ2n) is 7.35. The molecule has 2 aromatic carbocycles. The molecule has 2 rings (SSSR count). The van der Waals surface area contributed by atoms with Crippen LogP contribution >= 0.6 is 11.6 Å². The van der Waals surface area contributed by atoms with Crippen molar-refractivity contribution in [2.24, 2.45) is 0 Å². The molecule has 1 atom stereocenters. The van der Waals surface area contributed by atoms with Crippen molar-refractivity contribution < 1.29 is 22.7 Å². The highest BCUT2D eigenvalue weighted by Crippen LogP contribution is 2.31. The van der Waals surface area contributed by atoms with Gasteiger partial charge in [0.1, 0.15) is 18.3 Å². The number of ether oxygens (including phenoxy) is 1. The van der Waals surface area contributed by atoms with Crippen molar-refractivity contribution in [2.45, 2.75) is 26.4 Å². The molecule has 0 saturated heterocycles. The minimum atomic E-state index is -3.85. The molecule has 8 nitrogen and oxygen atoms in total. The lowest BCUT2D eigenvalue weighted by atomic mass is 10.1. The Morgan fingerprint density at radius 1 is 1.19 bits per heavy atom. The number of methoxy groups -OCH3 is 1. The highest BCUT2D eigenvalue weighted by Gasteiger charge is 2.31. The molecule has 0 bridgehead atoms. The average molecular weight is 482 g/mol. The standard InChI is InChI=1S/C22H28ClN3O5S/c1-15-10-11-20(31-4)19(12-15)26(32(5,29)30)14-21(27)25(16(2)22(28)24-3)13-17-8-6-7-9-18(17)23/h6-12,16H,13-14H2,1-5H3,(H,24,28). The van der Waals surface area contributed by atoms with E-state index < -0.39 is 28.5 Å². The number of sulfonamides is 1. The Morgan fingerprint density at radius 3 is 2.41 bits per heavy atom. The van der Waals surface area contributed by atoms with Gasteiger partial charge in [0, 0.05) is 18.6 Å². The van der Waals surface area contributed by atoms with E-state index in [0.29, 0.717) is 16.3 Å². The number of aryl methyl sites for hydroxylation is 1. The first-order valence-corrected chi connectivity index (χ1v) is 12.1. The van der Waals surface area contributed by atoms with Gasteiger partial charge in [0.2, 0.25) is 21.8 Å². The number of hydrogen-bond acceptors (Lipinski definition) is 5. The lowest BCUT2D eigenvalue weighted by molar-refractivity contribution is -0.139. The maximum absolute atomic E-state index is 13.4. The Kier molecular flexibility index (Phi) is 8.51. The number of nitrogens with zero attached hydrogens (tertiary/aromatic N) is 2. The molecule has 0 saturated carbocycles. The zero-order valence-electron chi connectivity index (χ0n) is 18.8. The van der Waals surface area contributed by atoms with Gasteiger partial charge in [-0.3, -0.25) is 13.9 Å². The van der Waals surface area contributed by atoms with Crippen LogP contribution in [0.1, 0.15) is 18.1 Å². The van der Waals surface area contributed by atoms with E-state index in [0.717, 1.165) is 16.1 Å². The molecule has 32 heavy (non-hydrogen) atoms. The molecule has 0 spiro atoms. The van der Waals surface area contributed by atoms with E-state index in [1.807, 2.05) is 6.92 Å². The molecule has 0 aromatic heterocycles. The lowest BCUT2D eigenvalue weighted by Gasteiger charge is -2.31. The minimum Gasteiger partial charge on any atom is -0.495 e. The van der Waals surface area contributed by atoms with Gasteiger partial charge >= 0.3 is 0 Å². The van der Waals surface area contributed by atoms with Crippen molar-refractivity contribution in [3.63, 3.8) is 0 Å². The summed E-state index contributed by atoms with van der Waals surface area (Å²) in [7, 11) is -0.955. The van der Waals surface area contributed by atoms with Gasteiger partial charge in [-0.05, 0) is 43.2 Å². The van der Waals surface area contributed by atoms with Crippen LogP contribution in [0.3, 0.4) is 0 Å². The van der Waals surface area contributed by atoms with Crippen LogP contribution < -0.4 is 14.4 Å². The fraction of sp³-hybridized carbons (Fsp3) is 0.364. The summed E-state index contributed by atoms with van der Waals surface area (Å²) in [5, 5.41) is 2.96. The SMILES string of the molecule is CNC(=O)C(C)N(Cc1ccccc1Cl)C(=O)CN(c1cc(C)ccc1OC)S(C)(=O)=O. The first-order chi connectivity index (χ1) is 15.0. The van der Waals surface area contributed by atoms with Crippen LogP contribution in [0, 0.1) is 6.92 Å². The molecule has 1 N–H and O–H groups in total. The van der Waals surface area contributed by atoms with Crippen LogP contribution in [0.25, 0.3) is 0 Å². The maximum atomic E-state index is 13.4. The third-order valence-corrected chi connectivity index (χ3v) is 6.49. The number of hydrogen-bond donors (Lipinski definition) is 1. The fourth-order valence-corrected chi connectivity index (χ4v) is 4.23. The monoisotopic (exact) mass is 481 g/mol. The molecule has 0 aliphatic heterocycles. The van der Waals surface area contributed by atoms with E-state index in [-0.39, 0.29) is 18.1 Å². The van der Waals surface area contributed by atoms with E-state index >= 15 is 0 Å². The van der Waals surface area contributed by atoms with Crippen molar-refractivity contribution in [3.8, 4) is 5.75 Å². The van der Waals surface area contributed by atoms with Gasteiger partial charge in [0.05, 0.1) is 19.1 Å².